The monoisotopic (exact) mass is 391 g/mol. The zero-order chi connectivity index (χ0) is 19.6. The van der Waals surface area contributed by atoms with Crippen molar-refractivity contribution in [2.75, 3.05) is 24.9 Å². The van der Waals surface area contributed by atoms with Gasteiger partial charge in [-0.2, -0.15) is 0 Å². The molecule has 0 aliphatic carbocycles. The maximum Gasteiger partial charge on any atom is 0.258 e. The third-order valence-corrected chi connectivity index (χ3v) is 5.57. The molecule has 2 aromatic carbocycles. The van der Waals surface area contributed by atoms with Gasteiger partial charge < -0.3 is 14.4 Å². The highest BCUT2D eigenvalue weighted by atomic mass is 32.2. The number of anilines is 1. The molecule has 27 heavy (non-hydrogen) atoms. The van der Waals surface area contributed by atoms with Crippen molar-refractivity contribution in [2.45, 2.75) is 6.04 Å². The number of carbonyl (C=O) groups is 1. The van der Waals surface area contributed by atoms with E-state index < -0.39 is 27.6 Å². The summed E-state index contributed by atoms with van der Waals surface area (Å²) in [6, 6.07) is 9.30. The van der Waals surface area contributed by atoms with Gasteiger partial charge in [-0.25, -0.2) is 12.8 Å². The van der Waals surface area contributed by atoms with Crippen LogP contribution < -0.4 is 14.4 Å². The maximum absolute atomic E-state index is 13.3. The van der Waals surface area contributed by atoms with E-state index in [0.717, 1.165) is 5.41 Å². The van der Waals surface area contributed by atoms with E-state index in [1.807, 2.05) is 0 Å². The second-order valence-corrected chi connectivity index (χ2v) is 7.88. The molecule has 6 nitrogen and oxygen atoms in total. The van der Waals surface area contributed by atoms with Crippen molar-refractivity contribution in [3.8, 4) is 11.5 Å². The second kappa shape index (κ2) is 7.40. The first-order valence-corrected chi connectivity index (χ1v) is 9.78. The van der Waals surface area contributed by atoms with Crippen LogP contribution in [0, 0.1) is 5.82 Å². The van der Waals surface area contributed by atoms with E-state index in [-0.39, 0.29) is 11.3 Å². The van der Waals surface area contributed by atoms with Crippen molar-refractivity contribution in [3.05, 3.63) is 65.3 Å². The molecule has 0 radical (unpaired) electrons. The average Bonchev–Trinajstić information content (AvgIpc) is 3.02. The van der Waals surface area contributed by atoms with Crippen LogP contribution in [0.1, 0.15) is 10.4 Å². The summed E-state index contributed by atoms with van der Waals surface area (Å²) in [5, 5.41) is 1.09. The number of sulfone groups is 1. The van der Waals surface area contributed by atoms with E-state index in [1.165, 1.54) is 55.5 Å². The third kappa shape index (κ3) is 3.95. The first-order chi connectivity index (χ1) is 12.8. The zero-order valence-electron chi connectivity index (χ0n) is 14.8. The minimum atomic E-state index is -3.39. The lowest BCUT2D eigenvalue weighted by Crippen LogP contribution is -2.41. The van der Waals surface area contributed by atoms with Crippen molar-refractivity contribution in [1.82, 2.24) is 0 Å². The first-order valence-electron chi connectivity index (χ1n) is 8.07. The van der Waals surface area contributed by atoms with Crippen LogP contribution in [0.5, 0.6) is 11.5 Å². The van der Waals surface area contributed by atoms with Gasteiger partial charge in [-0.1, -0.05) is 0 Å². The molecule has 0 bridgehead atoms. The highest BCUT2D eigenvalue weighted by Gasteiger charge is 2.32. The number of rotatable bonds is 5. The Morgan fingerprint density at radius 3 is 2.30 bits per heavy atom. The fraction of sp³-hybridized carbons (Fsp3) is 0.211. The van der Waals surface area contributed by atoms with Crippen LogP contribution in [0.25, 0.3) is 0 Å². The molecule has 0 saturated heterocycles. The number of ether oxygens (including phenoxy) is 2. The minimum absolute atomic E-state index is 0.233. The molecule has 0 N–H and O–H groups in total. The summed E-state index contributed by atoms with van der Waals surface area (Å²) in [6.45, 7) is 0. The normalized spacial score (nSPS) is 17.5. The standard InChI is InChI=1S/C19H18FNO5S/c1-25-17-8-3-13(11-18(17)26-2)19(22)21(15-6-4-14(20)5-7-15)16-9-10-27(23,24)12-16/h3-11,16H,12H2,1-2H3. The second-order valence-electron chi connectivity index (χ2n) is 5.95. The Balaban J connectivity index is 2.03. The molecule has 1 aliphatic rings. The quantitative estimate of drug-likeness (QED) is 0.784. The van der Waals surface area contributed by atoms with E-state index in [0.29, 0.717) is 17.2 Å². The molecule has 2 aromatic rings. The van der Waals surface area contributed by atoms with Crippen LogP contribution in [0.2, 0.25) is 0 Å². The van der Waals surface area contributed by atoms with Crippen LogP contribution in [0.15, 0.2) is 53.9 Å². The van der Waals surface area contributed by atoms with Gasteiger partial charge in [0.25, 0.3) is 5.91 Å². The SMILES string of the molecule is COc1ccc(C(=O)N(c2ccc(F)cc2)C2C=CS(=O)(=O)C2)cc1OC. The van der Waals surface area contributed by atoms with Gasteiger partial charge in [-0.05, 0) is 48.5 Å². The third-order valence-electron chi connectivity index (χ3n) is 4.20. The molecule has 142 valence electrons. The lowest BCUT2D eigenvalue weighted by Gasteiger charge is -2.28. The van der Waals surface area contributed by atoms with Gasteiger partial charge >= 0.3 is 0 Å². The largest absolute Gasteiger partial charge is 0.493 e. The van der Waals surface area contributed by atoms with Gasteiger partial charge in [-0.3, -0.25) is 4.79 Å². The highest BCUT2D eigenvalue weighted by Crippen LogP contribution is 2.30. The minimum Gasteiger partial charge on any atom is -0.493 e. The highest BCUT2D eigenvalue weighted by molar-refractivity contribution is 7.94. The molecule has 8 heteroatoms. The zero-order valence-corrected chi connectivity index (χ0v) is 15.6. The van der Waals surface area contributed by atoms with E-state index in [1.54, 1.807) is 12.1 Å². The summed E-state index contributed by atoms with van der Waals surface area (Å²) in [5.41, 5.74) is 0.678. The van der Waals surface area contributed by atoms with Crippen LogP contribution in [-0.4, -0.2) is 40.3 Å². The predicted octanol–water partition coefficient (Wildman–Crippen LogP) is 2.80. The van der Waals surface area contributed by atoms with E-state index in [4.69, 9.17) is 9.47 Å². The summed E-state index contributed by atoms with van der Waals surface area (Å²) >= 11 is 0. The molecule has 0 spiro atoms. The molecular weight excluding hydrogens is 373 g/mol. The fourth-order valence-electron chi connectivity index (χ4n) is 2.89. The van der Waals surface area contributed by atoms with Gasteiger partial charge in [-0.15, -0.1) is 0 Å². The van der Waals surface area contributed by atoms with Gasteiger partial charge in [0.05, 0.1) is 26.0 Å². The Hall–Kier alpha value is -2.87. The number of halogens is 1. The van der Waals surface area contributed by atoms with Crippen molar-refractivity contribution >= 4 is 21.4 Å². The van der Waals surface area contributed by atoms with E-state index in [9.17, 15) is 17.6 Å². The molecule has 3 rings (SSSR count). The Morgan fingerprint density at radius 2 is 1.74 bits per heavy atom. The molecular formula is C19H18FNO5S. The molecule has 0 aromatic heterocycles. The number of nitrogens with zero attached hydrogens (tertiary/aromatic N) is 1. The van der Waals surface area contributed by atoms with Crippen molar-refractivity contribution in [3.63, 3.8) is 0 Å². The Morgan fingerprint density at radius 1 is 1.07 bits per heavy atom. The van der Waals surface area contributed by atoms with Crippen LogP contribution in [0.3, 0.4) is 0 Å². The number of hydrogen-bond acceptors (Lipinski definition) is 5. The summed E-state index contributed by atoms with van der Waals surface area (Å²) in [4.78, 5) is 14.5. The van der Waals surface area contributed by atoms with Gasteiger partial charge in [0.2, 0.25) is 0 Å². The summed E-state index contributed by atoms with van der Waals surface area (Å²) < 4.78 is 47.4. The van der Waals surface area contributed by atoms with Crippen molar-refractivity contribution in [1.29, 1.82) is 0 Å². The van der Waals surface area contributed by atoms with Gasteiger partial charge in [0, 0.05) is 16.7 Å². The number of carbonyl (C=O) groups excluding carboxylic acids is 1. The maximum atomic E-state index is 13.3. The topological polar surface area (TPSA) is 72.9 Å². The molecule has 1 heterocycles. The molecule has 0 saturated carbocycles. The Bertz CT molecular complexity index is 986. The van der Waals surface area contributed by atoms with E-state index >= 15 is 0 Å². The number of hydrogen-bond donors (Lipinski definition) is 0. The summed E-state index contributed by atoms with van der Waals surface area (Å²) in [6.07, 6.45) is 1.46. The fourth-order valence-corrected chi connectivity index (χ4v) is 4.16. The summed E-state index contributed by atoms with van der Waals surface area (Å²) in [5.74, 6) is -0.285. The molecule has 1 aliphatic heterocycles. The number of amides is 1. The average molecular weight is 391 g/mol. The van der Waals surface area contributed by atoms with Crippen LogP contribution in [0.4, 0.5) is 10.1 Å². The predicted molar refractivity (Wildman–Crippen MR) is 99.5 cm³/mol. The molecule has 0 fully saturated rings. The number of methoxy groups -OCH3 is 2. The lowest BCUT2D eigenvalue weighted by molar-refractivity contribution is 0.0982. The van der Waals surface area contributed by atoms with Gasteiger partial charge in [0.15, 0.2) is 21.3 Å². The van der Waals surface area contributed by atoms with Crippen LogP contribution >= 0.6 is 0 Å². The van der Waals surface area contributed by atoms with Gasteiger partial charge in [0.1, 0.15) is 5.82 Å². The number of benzene rings is 2. The Kier molecular flexibility index (Phi) is 5.18. The van der Waals surface area contributed by atoms with Crippen molar-refractivity contribution < 1.29 is 27.1 Å². The smallest absolute Gasteiger partial charge is 0.258 e. The molecule has 1 amide bonds. The van der Waals surface area contributed by atoms with Crippen molar-refractivity contribution in [2.24, 2.45) is 0 Å². The van der Waals surface area contributed by atoms with E-state index in [2.05, 4.69) is 0 Å². The lowest BCUT2D eigenvalue weighted by atomic mass is 10.1. The van der Waals surface area contributed by atoms with Crippen LogP contribution in [-0.2, 0) is 9.84 Å². The Labute approximate surface area is 156 Å². The molecule has 1 atom stereocenters. The molecule has 1 unspecified atom stereocenters. The summed E-state index contributed by atoms with van der Waals surface area (Å²) in [7, 11) is -0.450. The first kappa shape index (κ1) is 18.9.